The topological polar surface area (TPSA) is 63.2 Å². The highest BCUT2D eigenvalue weighted by molar-refractivity contribution is 5.90. The zero-order chi connectivity index (χ0) is 44.8. The van der Waals surface area contributed by atoms with Gasteiger partial charge >= 0.3 is 0 Å². The number of benzene rings is 7. The van der Waals surface area contributed by atoms with Crippen LogP contribution in [0.1, 0.15) is 54.9 Å². The fourth-order valence-corrected chi connectivity index (χ4v) is 8.84. The quantitative estimate of drug-likeness (QED) is 0.121. The van der Waals surface area contributed by atoms with Crippen LogP contribution in [0.25, 0.3) is 55.6 Å². The van der Waals surface area contributed by atoms with Gasteiger partial charge in [0.2, 0.25) is 0 Å². The van der Waals surface area contributed by atoms with Crippen molar-refractivity contribution in [3.8, 4) is 84.4 Å². The molecule has 0 bridgehead atoms. The van der Waals surface area contributed by atoms with Crippen LogP contribution in [0.3, 0.4) is 0 Å². The number of hydrogen-bond donors (Lipinski definition) is 0. The Bertz CT molecular complexity index is 2350. The van der Waals surface area contributed by atoms with Crippen LogP contribution in [0.2, 0.25) is 0 Å². The van der Waals surface area contributed by atoms with Crippen LogP contribution in [-0.2, 0) is 0 Å². The molecule has 0 aliphatic carbocycles. The maximum absolute atomic E-state index is 10.2. The van der Waals surface area contributed by atoms with Crippen LogP contribution in [0.4, 0.5) is 0 Å². The maximum atomic E-state index is 10.2. The Morgan fingerprint density at radius 2 is 0.500 bits per heavy atom. The summed E-state index contributed by atoms with van der Waals surface area (Å²) in [6, 6.07) is 38.0. The number of aldehydes is 1. The average Bonchev–Trinajstić information content (AvgIpc) is 3.25. The Morgan fingerprint density at radius 1 is 0.290 bits per heavy atom. The summed E-state index contributed by atoms with van der Waals surface area (Å²) in [5.41, 5.74) is 21.9. The van der Waals surface area contributed by atoms with Crippen molar-refractivity contribution in [2.75, 3.05) is 35.5 Å². The van der Waals surface area contributed by atoms with Gasteiger partial charge in [0.05, 0.1) is 35.5 Å². The summed E-state index contributed by atoms with van der Waals surface area (Å²) < 4.78 is 27.5. The maximum Gasteiger partial charge on any atom is 0.150 e. The molecule has 0 fully saturated rings. The number of hydrogen-bond acceptors (Lipinski definition) is 6. The van der Waals surface area contributed by atoms with E-state index in [0.29, 0.717) is 5.56 Å². The first-order valence-corrected chi connectivity index (χ1v) is 20.7. The molecule has 6 nitrogen and oxygen atoms in total. The van der Waals surface area contributed by atoms with Crippen LogP contribution in [0, 0.1) is 55.4 Å². The molecule has 0 saturated carbocycles. The molecule has 0 spiro atoms. The molecule has 0 unspecified atom stereocenters. The van der Waals surface area contributed by atoms with E-state index in [1.54, 1.807) is 59.8 Å². The van der Waals surface area contributed by atoms with Crippen LogP contribution in [-0.4, -0.2) is 41.8 Å². The van der Waals surface area contributed by atoms with Crippen LogP contribution in [0.15, 0.2) is 109 Å². The zero-order valence-corrected chi connectivity index (χ0v) is 38.4. The van der Waals surface area contributed by atoms with E-state index in [4.69, 9.17) is 23.7 Å². The molecule has 0 aromatic heterocycles. The zero-order valence-electron chi connectivity index (χ0n) is 38.4. The summed E-state index contributed by atoms with van der Waals surface area (Å²) >= 11 is 0. The first-order valence-electron chi connectivity index (χ1n) is 20.7. The molecule has 62 heavy (non-hydrogen) atoms. The van der Waals surface area contributed by atoms with E-state index >= 15 is 0 Å². The highest BCUT2D eigenvalue weighted by atomic mass is 16.5. The molecule has 0 aliphatic heterocycles. The monoisotopic (exact) mass is 826 g/mol. The first-order chi connectivity index (χ1) is 29.7. The van der Waals surface area contributed by atoms with Gasteiger partial charge in [-0.3, -0.25) is 4.79 Å². The van der Waals surface area contributed by atoms with E-state index < -0.39 is 0 Å². The van der Waals surface area contributed by atoms with E-state index in [0.717, 1.165) is 46.2 Å². The standard InChI is InChI=1S/C48H50O4.C8H8O2/c1-27-13-41(49-9)14-28(2)45(27)37-21-35(22-38(25-37)46-29(3)15-42(50-10)16-30(46)4)36-23-39(47-31(5)17-43(51-11)18-32(47)6)26-40(24-36)48-33(7)19-44(52-12)20-34(48)8;1-10-8-4-2-7(6-9)3-5-8/h13-26H,1-12H3;2-6H,1H3. The van der Waals surface area contributed by atoms with Gasteiger partial charge in [-0.25, -0.2) is 0 Å². The fourth-order valence-electron chi connectivity index (χ4n) is 8.84. The third-order valence-electron chi connectivity index (χ3n) is 11.6. The number of methoxy groups -OCH3 is 5. The predicted octanol–water partition coefficient (Wildman–Crippen LogP) is 14.0. The van der Waals surface area contributed by atoms with Crippen molar-refractivity contribution in [3.05, 3.63) is 159 Å². The molecular formula is C56H58O6. The molecule has 0 amide bonds. The highest BCUT2D eigenvalue weighted by Crippen LogP contribution is 2.43. The van der Waals surface area contributed by atoms with Gasteiger partial charge < -0.3 is 23.7 Å². The number of carbonyl (C=O) groups is 1. The van der Waals surface area contributed by atoms with E-state index in [2.05, 4.69) is 140 Å². The summed E-state index contributed by atoms with van der Waals surface area (Å²) in [4.78, 5) is 10.2. The Labute approximate surface area is 368 Å². The van der Waals surface area contributed by atoms with Gasteiger partial charge in [-0.2, -0.15) is 0 Å². The lowest BCUT2D eigenvalue weighted by atomic mass is 9.85. The number of rotatable bonds is 11. The summed E-state index contributed by atoms with van der Waals surface area (Å²) in [6.45, 7) is 17.4. The van der Waals surface area contributed by atoms with Crippen molar-refractivity contribution in [1.82, 2.24) is 0 Å². The minimum atomic E-state index is 0.667. The van der Waals surface area contributed by atoms with Gasteiger partial charge in [0.15, 0.2) is 0 Å². The van der Waals surface area contributed by atoms with Gasteiger partial charge in [-0.1, -0.05) is 0 Å². The molecular weight excluding hydrogens is 769 g/mol. The molecule has 0 N–H and O–H groups in total. The van der Waals surface area contributed by atoms with Crippen molar-refractivity contribution < 1.29 is 28.5 Å². The second kappa shape index (κ2) is 19.3. The Kier molecular flexibility index (Phi) is 13.9. The van der Waals surface area contributed by atoms with Gasteiger partial charge in [0.1, 0.15) is 35.0 Å². The Morgan fingerprint density at radius 3 is 0.694 bits per heavy atom. The number of aryl methyl sites for hydroxylation is 8. The lowest BCUT2D eigenvalue weighted by molar-refractivity contribution is 0.112. The van der Waals surface area contributed by atoms with Crippen molar-refractivity contribution >= 4 is 6.29 Å². The van der Waals surface area contributed by atoms with Crippen molar-refractivity contribution in [3.63, 3.8) is 0 Å². The molecule has 0 aliphatic rings. The van der Waals surface area contributed by atoms with Crippen molar-refractivity contribution in [2.45, 2.75) is 55.4 Å². The molecule has 0 atom stereocenters. The second-order valence-corrected chi connectivity index (χ2v) is 16.0. The van der Waals surface area contributed by atoms with Crippen molar-refractivity contribution in [2.24, 2.45) is 0 Å². The smallest absolute Gasteiger partial charge is 0.150 e. The van der Waals surface area contributed by atoms with Crippen LogP contribution >= 0.6 is 0 Å². The molecule has 7 aromatic rings. The van der Waals surface area contributed by atoms with E-state index in [-0.39, 0.29) is 0 Å². The lowest BCUT2D eigenvalue weighted by Gasteiger charge is -2.20. The summed E-state index contributed by atoms with van der Waals surface area (Å²) in [5.74, 6) is 4.23. The normalized spacial score (nSPS) is 10.7. The molecule has 318 valence electrons. The predicted molar refractivity (Wildman–Crippen MR) is 256 cm³/mol. The summed E-state index contributed by atoms with van der Waals surface area (Å²) in [5, 5.41) is 0. The minimum Gasteiger partial charge on any atom is -0.497 e. The average molecular weight is 827 g/mol. The van der Waals surface area contributed by atoms with E-state index in [9.17, 15) is 4.79 Å². The SMILES string of the molecule is COc1cc(C)c(-c2cc(-c3cc(-c4c(C)cc(OC)cc4C)cc(-c4c(C)cc(OC)cc4C)c3)cc(-c3c(C)cc(OC)cc3C)c2)c(C)c1.COc1ccc(C=O)cc1. The molecule has 7 rings (SSSR count). The molecule has 0 saturated heterocycles. The fraction of sp³-hybridized carbons (Fsp3) is 0.232. The number of carbonyl (C=O) groups excluding carboxylic acids is 1. The van der Waals surface area contributed by atoms with Gasteiger partial charge in [-0.05, 0) is 265 Å². The first kappa shape index (κ1) is 44.8. The molecule has 0 radical (unpaired) electrons. The third kappa shape index (κ3) is 9.55. The Hall–Kier alpha value is -6.79. The van der Waals surface area contributed by atoms with E-state index in [1.807, 2.05) is 0 Å². The van der Waals surface area contributed by atoms with Crippen LogP contribution < -0.4 is 23.7 Å². The largest absolute Gasteiger partial charge is 0.497 e. The lowest BCUT2D eigenvalue weighted by Crippen LogP contribution is -1.97. The van der Waals surface area contributed by atoms with Gasteiger partial charge in [-0.15, -0.1) is 0 Å². The Balaban J connectivity index is 0.000000564. The minimum absolute atomic E-state index is 0.667. The summed E-state index contributed by atoms with van der Waals surface area (Å²) in [7, 11) is 8.50. The molecule has 7 aromatic carbocycles. The second-order valence-electron chi connectivity index (χ2n) is 16.0. The third-order valence-corrected chi connectivity index (χ3v) is 11.6. The van der Waals surface area contributed by atoms with Gasteiger partial charge in [0, 0.05) is 5.56 Å². The molecule has 0 heterocycles. The molecule has 6 heteroatoms. The van der Waals surface area contributed by atoms with Crippen LogP contribution in [0.5, 0.6) is 28.7 Å². The van der Waals surface area contributed by atoms with Crippen molar-refractivity contribution in [1.29, 1.82) is 0 Å². The van der Waals surface area contributed by atoms with E-state index in [1.165, 1.54) is 89.0 Å². The summed E-state index contributed by atoms with van der Waals surface area (Å²) in [6.07, 6.45) is 0.805. The number of ether oxygens (including phenoxy) is 5. The van der Waals surface area contributed by atoms with Gasteiger partial charge in [0.25, 0.3) is 0 Å². The highest BCUT2D eigenvalue weighted by Gasteiger charge is 2.19.